The Morgan fingerprint density at radius 3 is 2.38 bits per heavy atom. The van der Waals surface area contributed by atoms with Crippen LogP contribution in [0.25, 0.3) is 10.6 Å². The van der Waals surface area contributed by atoms with E-state index in [1.807, 2.05) is 0 Å². The first kappa shape index (κ1) is 17.8. The molecule has 0 aliphatic carbocycles. The molecular weight excluding hydrogens is 355 g/mol. The van der Waals surface area contributed by atoms with Crippen LogP contribution in [0.1, 0.15) is 31.3 Å². The number of aromatic nitrogens is 1. The summed E-state index contributed by atoms with van der Waals surface area (Å²) in [6.45, 7) is 1.79. The predicted octanol–water partition coefficient (Wildman–Crippen LogP) is 3.71. The van der Waals surface area contributed by atoms with Gasteiger partial charge in [-0.15, -0.1) is 11.3 Å². The summed E-state index contributed by atoms with van der Waals surface area (Å²) in [5.74, 6) is -1.32. The third-order valence-corrected chi connectivity index (χ3v) is 4.87. The lowest BCUT2D eigenvalue weighted by atomic mass is 10.1. The van der Waals surface area contributed by atoms with E-state index in [2.05, 4.69) is 4.98 Å². The number of ether oxygens (including phenoxy) is 1. The van der Waals surface area contributed by atoms with Crippen molar-refractivity contribution in [1.82, 2.24) is 4.98 Å². The normalized spacial score (nSPS) is 10.5. The number of halogens is 1. The number of amides is 1. The van der Waals surface area contributed by atoms with E-state index in [0.29, 0.717) is 21.1 Å². The van der Waals surface area contributed by atoms with Gasteiger partial charge >= 0.3 is 5.97 Å². The zero-order chi connectivity index (χ0) is 18.7. The fourth-order valence-corrected chi connectivity index (χ4v) is 3.25. The van der Waals surface area contributed by atoms with Gasteiger partial charge in [0.15, 0.2) is 0 Å². The Bertz CT molecular complexity index is 950. The summed E-state index contributed by atoms with van der Waals surface area (Å²) in [4.78, 5) is 28.1. The zero-order valence-corrected chi connectivity index (χ0v) is 14.7. The molecule has 0 bridgehead atoms. The van der Waals surface area contributed by atoms with Crippen LogP contribution < -0.4 is 5.73 Å². The number of nitrogens with zero attached hydrogens (tertiary/aromatic N) is 1. The number of nitrogens with two attached hydrogens (primary N) is 1. The summed E-state index contributed by atoms with van der Waals surface area (Å²) >= 11 is 1.20. The highest BCUT2D eigenvalue weighted by Crippen LogP contribution is 2.28. The number of hydrogen-bond acceptors (Lipinski definition) is 5. The summed E-state index contributed by atoms with van der Waals surface area (Å²) in [7, 11) is 0. The number of benzene rings is 2. The van der Waals surface area contributed by atoms with Crippen LogP contribution in [0.2, 0.25) is 0 Å². The zero-order valence-electron chi connectivity index (χ0n) is 13.9. The monoisotopic (exact) mass is 370 g/mol. The Labute approximate surface area is 153 Å². The van der Waals surface area contributed by atoms with Gasteiger partial charge in [0.05, 0.1) is 5.69 Å². The molecule has 0 radical (unpaired) electrons. The van der Waals surface area contributed by atoms with E-state index in [1.54, 1.807) is 43.3 Å². The fourth-order valence-electron chi connectivity index (χ4n) is 2.28. The number of primary amides is 1. The van der Waals surface area contributed by atoms with Crippen molar-refractivity contribution in [3.63, 3.8) is 0 Å². The van der Waals surface area contributed by atoms with Gasteiger partial charge in [-0.25, -0.2) is 14.2 Å². The Balaban J connectivity index is 1.70. The fraction of sp³-hybridized carbons (Fsp3) is 0.105. The second-order valence-corrected chi connectivity index (χ2v) is 6.58. The van der Waals surface area contributed by atoms with Crippen LogP contribution in [-0.2, 0) is 11.3 Å². The number of carbonyl (C=O) groups excluding carboxylic acids is 2. The van der Waals surface area contributed by atoms with E-state index < -0.39 is 11.9 Å². The Morgan fingerprint density at radius 2 is 1.77 bits per heavy atom. The minimum absolute atomic E-state index is 0.0705. The third-order valence-electron chi connectivity index (χ3n) is 3.68. The van der Waals surface area contributed by atoms with Crippen LogP contribution in [-0.4, -0.2) is 16.9 Å². The number of hydrogen-bond donors (Lipinski definition) is 1. The maximum atomic E-state index is 13.0. The molecule has 132 valence electrons. The van der Waals surface area contributed by atoms with Crippen LogP contribution in [0, 0.1) is 12.7 Å². The molecule has 0 saturated carbocycles. The molecule has 1 heterocycles. The van der Waals surface area contributed by atoms with Crippen molar-refractivity contribution < 1.29 is 18.7 Å². The van der Waals surface area contributed by atoms with E-state index in [-0.39, 0.29) is 12.4 Å². The van der Waals surface area contributed by atoms with Crippen molar-refractivity contribution in [3.8, 4) is 10.6 Å². The number of carbonyl (C=O) groups is 2. The highest BCUT2D eigenvalue weighted by molar-refractivity contribution is 7.17. The van der Waals surface area contributed by atoms with E-state index in [1.165, 1.54) is 23.5 Å². The number of esters is 1. The first-order valence-electron chi connectivity index (χ1n) is 7.73. The van der Waals surface area contributed by atoms with Gasteiger partial charge in [0.1, 0.15) is 22.3 Å². The minimum Gasteiger partial charge on any atom is -0.457 e. The lowest BCUT2D eigenvalue weighted by Gasteiger charge is -2.04. The van der Waals surface area contributed by atoms with Crippen molar-refractivity contribution in [1.29, 1.82) is 0 Å². The van der Waals surface area contributed by atoms with Crippen molar-refractivity contribution in [2.75, 3.05) is 0 Å². The molecule has 0 aliphatic rings. The quantitative estimate of drug-likeness (QED) is 0.694. The maximum absolute atomic E-state index is 13.0. The molecule has 1 aromatic heterocycles. The van der Waals surface area contributed by atoms with E-state index in [9.17, 15) is 14.0 Å². The van der Waals surface area contributed by atoms with Crippen molar-refractivity contribution in [2.24, 2.45) is 5.73 Å². The van der Waals surface area contributed by atoms with E-state index in [4.69, 9.17) is 10.5 Å². The van der Waals surface area contributed by atoms with Crippen molar-refractivity contribution in [2.45, 2.75) is 13.5 Å². The molecule has 0 atom stereocenters. The summed E-state index contributed by atoms with van der Waals surface area (Å²) in [6, 6.07) is 12.4. The molecule has 2 aromatic carbocycles. The van der Waals surface area contributed by atoms with Gasteiger partial charge < -0.3 is 10.5 Å². The molecule has 5 nitrogen and oxygen atoms in total. The first-order chi connectivity index (χ1) is 12.4. The number of thiazole rings is 1. The molecule has 7 heteroatoms. The number of aryl methyl sites for hydroxylation is 1. The molecule has 1 amide bonds. The van der Waals surface area contributed by atoms with Crippen molar-refractivity contribution >= 4 is 23.2 Å². The standard InChI is InChI=1S/C19H15FN2O3S/c1-11-16(26-18(22-11)14-6-8-15(20)9-7-14)19(24)25-10-12-2-4-13(5-3-12)17(21)23/h2-9H,10H2,1H3,(H2,21,23). The minimum atomic E-state index is -0.512. The van der Waals surface area contributed by atoms with Crippen LogP contribution >= 0.6 is 11.3 Å². The van der Waals surface area contributed by atoms with Crippen LogP contribution in [0.5, 0.6) is 0 Å². The van der Waals surface area contributed by atoms with Crippen LogP contribution in [0.4, 0.5) is 4.39 Å². The van der Waals surface area contributed by atoms with Gasteiger partial charge in [0.2, 0.25) is 5.91 Å². The van der Waals surface area contributed by atoms with Gasteiger partial charge in [0, 0.05) is 11.1 Å². The van der Waals surface area contributed by atoms with Gasteiger partial charge in [-0.2, -0.15) is 0 Å². The molecule has 2 N–H and O–H groups in total. The second-order valence-electron chi connectivity index (χ2n) is 5.58. The maximum Gasteiger partial charge on any atom is 0.350 e. The van der Waals surface area contributed by atoms with Crippen LogP contribution in [0.3, 0.4) is 0 Å². The number of rotatable bonds is 5. The van der Waals surface area contributed by atoms with Gasteiger partial charge in [-0.1, -0.05) is 12.1 Å². The molecule has 0 unspecified atom stereocenters. The average Bonchev–Trinajstić information content (AvgIpc) is 3.02. The molecular formula is C19H15FN2O3S. The lowest BCUT2D eigenvalue weighted by molar-refractivity contribution is 0.0477. The van der Waals surface area contributed by atoms with Gasteiger partial charge in [0.25, 0.3) is 0 Å². The predicted molar refractivity (Wildman–Crippen MR) is 96.3 cm³/mol. The topological polar surface area (TPSA) is 82.3 Å². The average molecular weight is 370 g/mol. The molecule has 0 saturated heterocycles. The molecule has 0 spiro atoms. The molecule has 3 aromatic rings. The van der Waals surface area contributed by atoms with Crippen LogP contribution in [0.15, 0.2) is 48.5 Å². The Morgan fingerprint density at radius 1 is 1.12 bits per heavy atom. The highest BCUT2D eigenvalue weighted by atomic mass is 32.1. The van der Waals surface area contributed by atoms with E-state index in [0.717, 1.165) is 11.1 Å². The van der Waals surface area contributed by atoms with Crippen molar-refractivity contribution in [3.05, 3.63) is 76.0 Å². The molecule has 26 heavy (non-hydrogen) atoms. The van der Waals surface area contributed by atoms with Gasteiger partial charge in [-0.3, -0.25) is 4.79 Å². The Hall–Kier alpha value is -3.06. The third kappa shape index (κ3) is 3.94. The summed E-state index contributed by atoms with van der Waals surface area (Å²) in [6.07, 6.45) is 0. The largest absolute Gasteiger partial charge is 0.457 e. The summed E-state index contributed by atoms with van der Waals surface area (Å²) in [5, 5.41) is 0.625. The summed E-state index contributed by atoms with van der Waals surface area (Å²) in [5.41, 5.74) is 7.61. The highest BCUT2D eigenvalue weighted by Gasteiger charge is 2.17. The summed E-state index contributed by atoms with van der Waals surface area (Å²) < 4.78 is 18.3. The smallest absolute Gasteiger partial charge is 0.350 e. The van der Waals surface area contributed by atoms with E-state index >= 15 is 0 Å². The lowest BCUT2D eigenvalue weighted by Crippen LogP contribution is -2.10. The second kappa shape index (κ2) is 7.45. The Kier molecular flexibility index (Phi) is 5.09. The molecule has 3 rings (SSSR count). The molecule has 0 fully saturated rings. The first-order valence-corrected chi connectivity index (χ1v) is 8.55. The SMILES string of the molecule is Cc1nc(-c2ccc(F)cc2)sc1C(=O)OCc1ccc(C(N)=O)cc1. The van der Waals surface area contributed by atoms with Gasteiger partial charge in [-0.05, 0) is 48.9 Å². The molecule has 0 aliphatic heterocycles.